The number of ether oxygens (including phenoxy) is 1. The average molecular weight is 330 g/mol. The molecule has 0 atom stereocenters. The molecular weight excluding hydrogens is 314 g/mol. The molecular formula is C16H16ClN5O. The maximum absolute atomic E-state index is 8.91. The van der Waals surface area contributed by atoms with Gasteiger partial charge in [0.25, 0.3) is 0 Å². The van der Waals surface area contributed by atoms with Crippen LogP contribution in [0.2, 0.25) is 5.02 Å². The van der Waals surface area contributed by atoms with E-state index in [1.54, 1.807) is 30.7 Å². The Morgan fingerprint density at radius 2 is 2.13 bits per heavy atom. The van der Waals surface area contributed by atoms with E-state index in [1.807, 2.05) is 6.07 Å². The van der Waals surface area contributed by atoms with Crippen LogP contribution in [0.1, 0.15) is 18.5 Å². The van der Waals surface area contributed by atoms with Crippen molar-refractivity contribution in [1.29, 1.82) is 5.26 Å². The molecule has 7 heteroatoms. The van der Waals surface area contributed by atoms with Gasteiger partial charge in [0, 0.05) is 37.7 Å². The number of nitriles is 1. The first-order valence-corrected chi connectivity index (χ1v) is 7.84. The lowest BCUT2D eigenvalue weighted by Gasteiger charge is -2.31. The minimum Gasteiger partial charge on any atom is -0.492 e. The van der Waals surface area contributed by atoms with Gasteiger partial charge in [-0.05, 0) is 24.8 Å². The number of piperidine rings is 1. The summed E-state index contributed by atoms with van der Waals surface area (Å²) in [6.45, 7) is 2.34. The zero-order valence-corrected chi connectivity index (χ0v) is 13.3. The number of hydrogen-bond donors (Lipinski definition) is 0. The van der Waals surface area contributed by atoms with E-state index in [0.717, 1.165) is 25.9 Å². The molecule has 0 aromatic carbocycles. The molecule has 1 fully saturated rings. The number of hydrogen-bond acceptors (Lipinski definition) is 6. The van der Waals surface area contributed by atoms with Crippen molar-refractivity contribution in [3.8, 4) is 11.8 Å². The Bertz CT molecular complexity index is 710. The predicted octanol–water partition coefficient (Wildman–Crippen LogP) is 2.69. The van der Waals surface area contributed by atoms with Gasteiger partial charge in [-0.3, -0.25) is 4.98 Å². The van der Waals surface area contributed by atoms with Gasteiger partial charge in [-0.15, -0.1) is 0 Å². The van der Waals surface area contributed by atoms with Gasteiger partial charge in [0.05, 0.1) is 6.61 Å². The van der Waals surface area contributed by atoms with Gasteiger partial charge < -0.3 is 9.64 Å². The van der Waals surface area contributed by atoms with E-state index in [-0.39, 0.29) is 0 Å². The van der Waals surface area contributed by atoms with Gasteiger partial charge in [-0.1, -0.05) is 11.6 Å². The third-order valence-corrected chi connectivity index (χ3v) is 4.15. The van der Waals surface area contributed by atoms with Crippen LogP contribution in [-0.4, -0.2) is 34.6 Å². The summed E-state index contributed by atoms with van der Waals surface area (Å²) < 4.78 is 5.79. The highest BCUT2D eigenvalue weighted by Crippen LogP contribution is 2.25. The average Bonchev–Trinajstić information content (AvgIpc) is 2.61. The molecule has 2 aromatic heterocycles. The lowest BCUT2D eigenvalue weighted by Crippen LogP contribution is -2.36. The normalized spacial score (nSPS) is 15.2. The summed E-state index contributed by atoms with van der Waals surface area (Å²) in [6.07, 6.45) is 6.86. The molecule has 1 saturated heterocycles. The second kappa shape index (κ2) is 7.25. The van der Waals surface area contributed by atoms with Gasteiger partial charge >= 0.3 is 0 Å². The fraction of sp³-hybridized carbons (Fsp3) is 0.375. The molecule has 23 heavy (non-hydrogen) atoms. The standard InChI is InChI=1S/C16H16ClN5O/c17-14-10-19-5-2-15(14)23-11-12-3-7-22(8-4-12)16-20-6-1-13(9-18)21-16/h1-2,5-6,10,12H,3-4,7-8,11H2. The molecule has 0 radical (unpaired) electrons. The molecule has 0 unspecified atom stereocenters. The van der Waals surface area contributed by atoms with Crippen molar-refractivity contribution >= 4 is 17.5 Å². The summed E-state index contributed by atoms with van der Waals surface area (Å²) in [5.41, 5.74) is 0.396. The number of pyridine rings is 1. The summed E-state index contributed by atoms with van der Waals surface area (Å²) >= 11 is 6.04. The summed E-state index contributed by atoms with van der Waals surface area (Å²) in [7, 11) is 0. The van der Waals surface area contributed by atoms with Crippen LogP contribution in [-0.2, 0) is 0 Å². The van der Waals surface area contributed by atoms with Gasteiger partial charge in [-0.2, -0.15) is 5.26 Å². The van der Waals surface area contributed by atoms with E-state index in [1.165, 1.54) is 0 Å². The Morgan fingerprint density at radius 3 is 2.87 bits per heavy atom. The molecule has 3 heterocycles. The van der Waals surface area contributed by atoms with Crippen molar-refractivity contribution < 1.29 is 4.74 Å². The lowest BCUT2D eigenvalue weighted by molar-refractivity contribution is 0.222. The number of aromatic nitrogens is 3. The third kappa shape index (κ3) is 3.88. The maximum Gasteiger partial charge on any atom is 0.226 e. The minimum atomic E-state index is 0.396. The maximum atomic E-state index is 8.91. The Hall–Kier alpha value is -2.39. The molecule has 0 amide bonds. The second-order valence-electron chi connectivity index (χ2n) is 5.40. The quantitative estimate of drug-likeness (QED) is 0.858. The van der Waals surface area contributed by atoms with Crippen LogP contribution in [0.5, 0.6) is 5.75 Å². The van der Waals surface area contributed by atoms with Gasteiger partial charge in [0.2, 0.25) is 5.95 Å². The van der Waals surface area contributed by atoms with Crippen LogP contribution in [0.4, 0.5) is 5.95 Å². The number of anilines is 1. The molecule has 1 aliphatic heterocycles. The van der Waals surface area contributed by atoms with Crippen LogP contribution < -0.4 is 9.64 Å². The van der Waals surface area contributed by atoms with Gasteiger partial charge in [0.15, 0.2) is 0 Å². The van der Waals surface area contributed by atoms with Crippen molar-refractivity contribution in [2.24, 2.45) is 5.92 Å². The first kappa shape index (κ1) is 15.5. The van der Waals surface area contributed by atoms with E-state index < -0.39 is 0 Å². The number of nitrogens with zero attached hydrogens (tertiary/aromatic N) is 5. The molecule has 0 saturated carbocycles. The number of rotatable bonds is 4. The van der Waals surface area contributed by atoms with E-state index >= 15 is 0 Å². The van der Waals surface area contributed by atoms with Crippen molar-refractivity contribution in [3.63, 3.8) is 0 Å². The van der Waals surface area contributed by atoms with E-state index in [2.05, 4.69) is 19.9 Å². The molecule has 0 spiro atoms. The molecule has 0 aliphatic carbocycles. The van der Waals surface area contributed by atoms with Crippen LogP contribution in [0.25, 0.3) is 0 Å². The van der Waals surface area contributed by atoms with Crippen LogP contribution in [0.15, 0.2) is 30.7 Å². The fourth-order valence-corrected chi connectivity index (χ4v) is 2.72. The molecule has 0 bridgehead atoms. The fourth-order valence-electron chi connectivity index (χ4n) is 2.55. The lowest BCUT2D eigenvalue weighted by atomic mass is 9.98. The SMILES string of the molecule is N#Cc1ccnc(N2CCC(COc3ccncc3Cl)CC2)n1. The molecule has 3 rings (SSSR count). The highest BCUT2D eigenvalue weighted by Gasteiger charge is 2.22. The molecule has 6 nitrogen and oxygen atoms in total. The van der Waals surface area contributed by atoms with Crippen molar-refractivity contribution in [3.05, 3.63) is 41.4 Å². The van der Waals surface area contributed by atoms with E-state index in [9.17, 15) is 0 Å². The summed E-state index contributed by atoms with van der Waals surface area (Å²) in [6, 6.07) is 5.43. The highest BCUT2D eigenvalue weighted by atomic mass is 35.5. The van der Waals surface area contributed by atoms with E-state index in [0.29, 0.717) is 34.9 Å². The highest BCUT2D eigenvalue weighted by molar-refractivity contribution is 6.31. The van der Waals surface area contributed by atoms with Crippen LogP contribution >= 0.6 is 11.6 Å². The Labute approximate surface area is 139 Å². The van der Waals surface area contributed by atoms with Crippen molar-refractivity contribution in [1.82, 2.24) is 15.0 Å². The van der Waals surface area contributed by atoms with Gasteiger partial charge in [0.1, 0.15) is 22.5 Å². The molecule has 1 aliphatic rings. The zero-order valence-electron chi connectivity index (χ0n) is 12.5. The molecule has 118 valence electrons. The Kier molecular flexibility index (Phi) is 4.89. The van der Waals surface area contributed by atoms with Crippen molar-refractivity contribution in [2.45, 2.75) is 12.8 Å². The molecule has 2 aromatic rings. The second-order valence-corrected chi connectivity index (χ2v) is 5.81. The minimum absolute atomic E-state index is 0.396. The summed E-state index contributed by atoms with van der Waals surface area (Å²) in [4.78, 5) is 14.5. The third-order valence-electron chi connectivity index (χ3n) is 3.86. The van der Waals surface area contributed by atoms with Crippen LogP contribution in [0.3, 0.4) is 0 Å². The summed E-state index contributed by atoms with van der Waals surface area (Å²) in [5.74, 6) is 1.77. The predicted molar refractivity (Wildman–Crippen MR) is 86.4 cm³/mol. The zero-order chi connectivity index (χ0) is 16.1. The smallest absolute Gasteiger partial charge is 0.226 e. The van der Waals surface area contributed by atoms with E-state index in [4.69, 9.17) is 21.6 Å². The van der Waals surface area contributed by atoms with Gasteiger partial charge in [-0.25, -0.2) is 9.97 Å². The monoisotopic (exact) mass is 329 g/mol. The molecule has 0 N–H and O–H groups in total. The first-order valence-electron chi connectivity index (χ1n) is 7.46. The topological polar surface area (TPSA) is 74.9 Å². The van der Waals surface area contributed by atoms with Crippen LogP contribution in [0, 0.1) is 17.2 Å². The van der Waals surface area contributed by atoms with Crippen molar-refractivity contribution in [2.75, 3.05) is 24.6 Å². The Balaban J connectivity index is 1.52. The largest absolute Gasteiger partial charge is 0.492 e. The number of halogens is 1. The Morgan fingerprint density at radius 1 is 1.30 bits per heavy atom. The first-order chi connectivity index (χ1) is 11.3. The summed E-state index contributed by atoms with van der Waals surface area (Å²) in [5, 5.41) is 9.45.